The first-order valence-corrected chi connectivity index (χ1v) is 32.5. The van der Waals surface area contributed by atoms with Gasteiger partial charge in [0.2, 0.25) is 5.91 Å². The minimum absolute atomic E-state index is 0.0777. The number of phosphoric ester groups is 1. The largest absolute Gasteiger partial charge is 0.472 e. The van der Waals surface area contributed by atoms with Crippen LogP contribution in [0.5, 0.6) is 0 Å². The number of aliphatic hydroxyl groups is 1. The van der Waals surface area contributed by atoms with Crippen LogP contribution in [-0.2, 0) is 18.4 Å². The highest BCUT2D eigenvalue weighted by atomic mass is 31.2. The van der Waals surface area contributed by atoms with E-state index in [1.807, 2.05) is 21.1 Å². The third kappa shape index (κ3) is 55.0. The summed E-state index contributed by atoms with van der Waals surface area (Å²) < 4.78 is 23.8. The van der Waals surface area contributed by atoms with E-state index in [-0.39, 0.29) is 19.1 Å². The first-order chi connectivity index (χ1) is 34.0. The van der Waals surface area contributed by atoms with Gasteiger partial charge in [0.25, 0.3) is 0 Å². The average Bonchev–Trinajstić information content (AvgIpc) is 3.32. The zero-order valence-corrected chi connectivity index (χ0v) is 48.7. The Morgan fingerprint density at radius 3 is 1.10 bits per heavy atom. The fourth-order valence-electron chi connectivity index (χ4n) is 9.63. The molecule has 3 atom stereocenters. The zero-order chi connectivity index (χ0) is 51.3. The number of allylic oxidation sites excluding steroid dienone is 2. The van der Waals surface area contributed by atoms with Gasteiger partial charge in [0.15, 0.2) is 0 Å². The van der Waals surface area contributed by atoms with Crippen LogP contribution in [0.4, 0.5) is 0 Å². The smallest absolute Gasteiger partial charge is 0.391 e. The first kappa shape index (κ1) is 69.2. The second-order valence-electron chi connectivity index (χ2n) is 22.8. The molecule has 0 aromatic carbocycles. The Morgan fingerprint density at radius 2 is 0.771 bits per heavy atom. The summed E-state index contributed by atoms with van der Waals surface area (Å²) in [6.45, 7) is 4.93. The number of rotatable bonds is 58. The van der Waals surface area contributed by atoms with Crippen molar-refractivity contribution >= 4 is 13.7 Å². The van der Waals surface area contributed by atoms with Crippen LogP contribution >= 0.6 is 7.82 Å². The number of hydrogen-bond donors (Lipinski definition) is 3. The van der Waals surface area contributed by atoms with E-state index in [2.05, 4.69) is 31.3 Å². The number of quaternary nitrogens is 1. The lowest BCUT2D eigenvalue weighted by molar-refractivity contribution is -0.870. The third-order valence-electron chi connectivity index (χ3n) is 14.5. The molecular weight excluding hydrogens is 888 g/mol. The molecule has 9 heteroatoms. The number of carbonyl (C=O) groups is 1. The Morgan fingerprint density at radius 1 is 0.471 bits per heavy atom. The fourth-order valence-corrected chi connectivity index (χ4v) is 10.4. The number of unbranched alkanes of at least 4 members (excludes halogenated alkanes) is 43. The second kappa shape index (κ2) is 53.1. The van der Waals surface area contributed by atoms with Crippen molar-refractivity contribution in [1.82, 2.24) is 5.32 Å². The van der Waals surface area contributed by atoms with E-state index in [1.54, 1.807) is 0 Å². The monoisotopic (exact) mass is 1010 g/mol. The Kier molecular flexibility index (Phi) is 52.5. The Labute approximate surface area is 437 Å². The van der Waals surface area contributed by atoms with E-state index >= 15 is 0 Å². The highest BCUT2D eigenvalue weighted by Gasteiger charge is 2.28. The van der Waals surface area contributed by atoms with Crippen molar-refractivity contribution in [3.05, 3.63) is 12.2 Å². The van der Waals surface area contributed by atoms with Gasteiger partial charge in [-0.25, -0.2) is 4.57 Å². The van der Waals surface area contributed by atoms with E-state index in [0.29, 0.717) is 23.9 Å². The summed E-state index contributed by atoms with van der Waals surface area (Å²) >= 11 is 0. The third-order valence-corrected chi connectivity index (χ3v) is 15.5. The molecule has 418 valence electrons. The topological polar surface area (TPSA) is 105 Å². The molecule has 1 amide bonds. The number of phosphoric acid groups is 1. The molecule has 0 aliphatic rings. The Balaban J connectivity index is 3.90. The molecule has 0 spiro atoms. The molecule has 0 bridgehead atoms. The lowest BCUT2D eigenvalue weighted by Gasteiger charge is -2.26. The molecule has 0 aliphatic heterocycles. The van der Waals surface area contributed by atoms with Gasteiger partial charge >= 0.3 is 7.82 Å². The minimum atomic E-state index is -4.32. The van der Waals surface area contributed by atoms with Gasteiger partial charge in [-0.2, -0.15) is 0 Å². The summed E-state index contributed by atoms with van der Waals surface area (Å²) in [5.41, 5.74) is 0. The Hall–Kier alpha value is -0.760. The van der Waals surface area contributed by atoms with Crippen LogP contribution < -0.4 is 5.32 Å². The highest BCUT2D eigenvalue weighted by molar-refractivity contribution is 7.47. The number of hydrogen-bond acceptors (Lipinski definition) is 5. The van der Waals surface area contributed by atoms with Crippen LogP contribution in [0.25, 0.3) is 0 Å². The normalized spacial score (nSPS) is 13.9. The fraction of sp³-hybridized carbons (Fsp3) is 0.951. The number of aliphatic hydroxyl groups excluding tert-OH is 1. The Bertz CT molecular complexity index is 1150. The van der Waals surface area contributed by atoms with Crippen LogP contribution in [0.2, 0.25) is 0 Å². The summed E-state index contributed by atoms with van der Waals surface area (Å²) in [5.74, 6) is -0.138. The van der Waals surface area contributed by atoms with E-state index in [4.69, 9.17) is 9.05 Å². The molecule has 0 aliphatic carbocycles. The SMILES string of the molecule is CCCCCCCCCCCCCCCC/C=C\CCCCCCCCCCCCCCCCCCCC(=O)NC(COP(=O)(O)OCC[N+](C)(C)C)C(O)CCCCCCCCCCCCCCC. The number of likely N-dealkylation sites (N-methyl/N-ethyl adjacent to an activating group) is 1. The minimum Gasteiger partial charge on any atom is -0.391 e. The highest BCUT2D eigenvalue weighted by Crippen LogP contribution is 2.43. The van der Waals surface area contributed by atoms with Crippen molar-refractivity contribution < 1.29 is 32.9 Å². The van der Waals surface area contributed by atoms with Crippen molar-refractivity contribution in [2.24, 2.45) is 0 Å². The average molecular weight is 1010 g/mol. The van der Waals surface area contributed by atoms with Crippen LogP contribution in [0.3, 0.4) is 0 Å². The molecule has 0 heterocycles. The molecular formula is C61H124N2O6P+. The summed E-state index contributed by atoms with van der Waals surface area (Å²) in [6.07, 6.45) is 65.9. The van der Waals surface area contributed by atoms with Gasteiger partial charge in [-0.05, 0) is 38.5 Å². The van der Waals surface area contributed by atoms with Crippen molar-refractivity contribution in [1.29, 1.82) is 0 Å². The van der Waals surface area contributed by atoms with Crippen LogP contribution in [-0.4, -0.2) is 73.4 Å². The van der Waals surface area contributed by atoms with Gasteiger partial charge in [-0.3, -0.25) is 13.8 Å². The molecule has 3 N–H and O–H groups in total. The van der Waals surface area contributed by atoms with E-state index < -0.39 is 20.0 Å². The maximum Gasteiger partial charge on any atom is 0.472 e. The number of nitrogens with one attached hydrogen (secondary N) is 1. The number of carbonyl (C=O) groups excluding carboxylic acids is 1. The quantitative estimate of drug-likeness (QED) is 0.0243. The van der Waals surface area contributed by atoms with Gasteiger partial charge in [-0.15, -0.1) is 0 Å². The van der Waals surface area contributed by atoms with Gasteiger partial charge in [0.05, 0.1) is 39.9 Å². The molecule has 0 rings (SSSR count). The van der Waals surface area contributed by atoms with E-state index in [0.717, 1.165) is 38.5 Å². The predicted octanol–water partition coefficient (Wildman–Crippen LogP) is 19.0. The molecule has 0 saturated heterocycles. The van der Waals surface area contributed by atoms with Gasteiger partial charge in [0, 0.05) is 6.42 Å². The van der Waals surface area contributed by atoms with Crippen molar-refractivity contribution in [2.75, 3.05) is 40.9 Å². The van der Waals surface area contributed by atoms with Crippen molar-refractivity contribution in [3.63, 3.8) is 0 Å². The molecule has 70 heavy (non-hydrogen) atoms. The van der Waals surface area contributed by atoms with E-state index in [9.17, 15) is 19.4 Å². The predicted molar refractivity (Wildman–Crippen MR) is 305 cm³/mol. The van der Waals surface area contributed by atoms with E-state index in [1.165, 1.54) is 257 Å². The molecule has 0 aromatic rings. The van der Waals surface area contributed by atoms with Gasteiger partial charge in [0.1, 0.15) is 13.2 Å². The first-order valence-electron chi connectivity index (χ1n) is 31.1. The lowest BCUT2D eigenvalue weighted by Crippen LogP contribution is -2.46. The molecule has 3 unspecified atom stereocenters. The summed E-state index contributed by atoms with van der Waals surface area (Å²) in [6, 6.07) is -0.756. The van der Waals surface area contributed by atoms with Crippen LogP contribution in [0.15, 0.2) is 12.2 Å². The van der Waals surface area contributed by atoms with Crippen LogP contribution in [0.1, 0.15) is 322 Å². The molecule has 0 aromatic heterocycles. The number of amides is 1. The molecule has 0 saturated carbocycles. The van der Waals surface area contributed by atoms with Crippen molar-refractivity contribution in [2.45, 2.75) is 334 Å². The second-order valence-corrected chi connectivity index (χ2v) is 24.2. The molecule has 0 radical (unpaired) electrons. The molecule has 0 fully saturated rings. The summed E-state index contributed by atoms with van der Waals surface area (Å²) in [5, 5.41) is 14.0. The number of nitrogens with zero attached hydrogens (tertiary/aromatic N) is 1. The lowest BCUT2D eigenvalue weighted by atomic mass is 10.0. The maximum atomic E-state index is 13.0. The van der Waals surface area contributed by atoms with Crippen LogP contribution in [0, 0.1) is 0 Å². The van der Waals surface area contributed by atoms with Crippen molar-refractivity contribution in [3.8, 4) is 0 Å². The summed E-state index contributed by atoms with van der Waals surface area (Å²) in [7, 11) is 1.63. The maximum absolute atomic E-state index is 13.0. The van der Waals surface area contributed by atoms with Gasteiger partial charge in [-0.1, -0.05) is 289 Å². The summed E-state index contributed by atoms with van der Waals surface area (Å²) in [4.78, 5) is 23.3. The standard InChI is InChI=1S/C61H123N2O6P/c1-6-8-10-12-14-16-18-20-21-22-23-24-25-26-27-28-29-30-31-32-33-34-35-36-37-38-39-40-41-43-45-47-49-51-53-55-61(65)62-59(58-69-70(66,67)68-57-56-63(3,4)5)60(64)54-52-50-48-46-44-42-19-17-15-13-11-9-7-2/h28-29,59-60,64H,6-27,30-58H2,1-5H3,(H-,62,65,66,67)/p+1/b29-28-. The van der Waals surface area contributed by atoms with Gasteiger partial charge < -0.3 is 19.8 Å². The molecule has 8 nitrogen and oxygen atoms in total. The zero-order valence-electron chi connectivity index (χ0n) is 47.8.